The maximum Gasteiger partial charge on any atom is 0.274 e. The van der Waals surface area contributed by atoms with Crippen molar-refractivity contribution in [1.82, 2.24) is 4.98 Å². The smallest absolute Gasteiger partial charge is 0.274 e. The van der Waals surface area contributed by atoms with Crippen molar-refractivity contribution in [3.05, 3.63) is 76.5 Å². The SMILES string of the molecule is COc1ccccc1Nc1ccnc(C(=O)Nc2cc(Cl)ccc2Cl)c1. The molecule has 0 atom stereocenters. The molecular weight excluding hydrogens is 373 g/mol. The fourth-order valence-corrected chi connectivity index (χ4v) is 2.65. The van der Waals surface area contributed by atoms with Crippen LogP contribution in [0.3, 0.4) is 0 Å². The molecule has 0 unspecified atom stereocenters. The van der Waals surface area contributed by atoms with E-state index in [0.717, 1.165) is 5.69 Å². The van der Waals surface area contributed by atoms with Gasteiger partial charge in [-0.15, -0.1) is 0 Å². The van der Waals surface area contributed by atoms with Crippen LogP contribution in [0.15, 0.2) is 60.8 Å². The third kappa shape index (κ3) is 4.25. The summed E-state index contributed by atoms with van der Waals surface area (Å²) in [5.74, 6) is 0.305. The Kier molecular flexibility index (Phi) is 5.61. The number of rotatable bonds is 5. The molecule has 2 aromatic carbocycles. The number of nitrogens with zero attached hydrogens (tertiary/aromatic N) is 1. The number of hydrogen-bond donors (Lipinski definition) is 2. The maximum absolute atomic E-state index is 12.5. The van der Waals surface area contributed by atoms with Gasteiger partial charge < -0.3 is 15.4 Å². The number of ether oxygens (including phenoxy) is 1. The fourth-order valence-electron chi connectivity index (χ4n) is 2.32. The second-order valence-electron chi connectivity index (χ2n) is 5.33. The van der Waals surface area contributed by atoms with Crippen molar-refractivity contribution in [2.45, 2.75) is 0 Å². The average molecular weight is 388 g/mol. The van der Waals surface area contributed by atoms with Gasteiger partial charge in [0, 0.05) is 16.9 Å². The molecule has 26 heavy (non-hydrogen) atoms. The summed E-state index contributed by atoms with van der Waals surface area (Å²) in [4.78, 5) is 16.6. The van der Waals surface area contributed by atoms with Gasteiger partial charge in [-0.2, -0.15) is 0 Å². The van der Waals surface area contributed by atoms with Crippen LogP contribution in [0.25, 0.3) is 0 Å². The molecule has 1 aromatic heterocycles. The number of carbonyl (C=O) groups is 1. The highest BCUT2D eigenvalue weighted by atomic mass is 35.5. The minimum absolute atomic E-state index is 0.237. The van der Waals surface area contributed by atoms with Crippen molar-refractivity contribution in [3.63, 3.8) is 0 Å². The maximum atomic E-state index is 12.5. The first kappa shape index (κ1) is 18.0. The van der Waals surface area contributed by atoms with E-state index < -0.39 is 5.91 Å². The Hall–Kier alpha value is -2.76. The summed E-state index contributed by atoms with van der Waals surface area (Å²) in [5, 5.41) is 6.79. The minimum atomic E-state index is -0.391. The molecule has 0 spiro atoms. The molecule has 0 fully saturated rings. The molecule has 0 saturated carbocycles. The topological polar surface area (TPSA) is 63.2 Å². The second-order valence-corrected chi connectivity index (χ2v) is 6.18. The number of pyridine rings is 1. The van der Waals surface area contributed by atoms with Crippen molar-refractivity contribution in [3.8, 4) is 5.75 Å². The third-order valence-corrected chi connectivity index (χ3v) is 4.12. The van der Waals surface area contributed by atoms with Gasteiger partial charge in [0.1, 0.15) is 11.4 Å². The molecule has 7 heteroatoms. The quantitative estimate of drug-likeness (QED) is 0.615. The second kappa shape index (κ2) is 8.08. The van der Waals surface area contributed by atoms with Crippen molar-refractivity contribution in [1.29, 1.82) is 0 Å². The van der Waals surface area contributed by atoms with Gasteiger partial charge in [0.2, 0.25) is 0 Å². The molecule has 0 bridgehead atoms. The van der Waals surface area contributed by atoms with E-state index in [-0.39, 0.29) is 5.69 Å². The zero-order valence-electron chi connectivity index (χ0n) is 13.8. The van der Waals surface area contributed by atoms with Gasteiger partial charge in [0.25, 0.3) is 5.91 Å². The van der Waals surface area contributed by atoms with Crippen LogP contribution in [0.1, 0.15) is 10.5 Å². The number of para-hydroxylation sites is 2. The lowest BCUT2D eigenvalue weighted by Gasteiger charge is -2.12. The van der Waals surface area contributed by atoms with E-state index in [1.807, 2.05) is 24.3 Å². The first-order valence-corrected chi connectivity index (χ1v) is 8.45. The number of benzene rings is 2. The number of aromatic nitrogens is 1. The number of halogens is 2. The highest BCUT2D eigenvalue weighted by molar-refractivity contribution is 6.35. The Labute approximate surface area is 160 Å². The molecule has 1 amide bonds. The molecule has 2 N–H and O–H groups in total. The van der Waals surface area contributed by atoms with Gasteiger partial charge in [-0.3, -0.25) is 9.78 Å². The summed E-state index contributed by atoms with van der Waals surface area (Å²) in [7, 11) is 1.60. The summed E-state index contributed by atoms with van der Waals surface area (Å²) < 4.78 is 5.31. The van der Waals surface area contributed by atoms with Crippen LogP contribution in [0, 0.1) is 0 Å². The summed E-state index contributed by atoms with van der Waals surface area (Å²) >= 11 is 12.0. The predicted octanol–water partition coefficient (Wildman–Crippen LogP) is 5.39. The average Bonchev–Trinajstić information content (AvgIpc) is 2.65. The van der Waals surface area contributed by atoms with Crippen LogP contribution in [-0.4, -0.2) is 18.0 Å². The van der Waals surface area contributed by atoms with Crippen LogP contribution >= 0.6 is 23.2 Å². The number of anilines is 3. The van der Waals surface area contributed by atoms with Crippen LogP contribution in [0.2, 0.25) is 10.0 Å². The summed E-state index contributed by atoms with van der Waals surface area (Å²) in [6.07, 6.45) is 1.55. The van der Waals surface area contributed by atoms with E-state index in [9.17, 15) is 4.79 Å². The number of carbonyl (C=O) groups excluding carboxylic acids is 1. The Morgan fingerprint density at radius 2 is 1.85 bits per heavy atom. The Balaban J connectivity index is 1.80. The third-order valence-electron chi connectivity index (χ3n) is 3.56. The summed E-state index contributed by atoms with van der Waals surface area (Å²) in [6.45, 7) is 0. The van der Waals surface area contributed by atoms with Gasteiger partial charge in [0.05, 0.1) is 23.5 Å². The van der Waals surface area contributed by atoms with Gasteiger partial charge in [0.15, 0.2) is 0 Å². The van der Waals surface area contributed by atoms with E-state index in [4.69, 9.17) is 27.9 Å². The Morgan fingerprint density at radius 1 is 1.04 bits per heavy atom. The van der Waals surface area contributed by atoms with Gasteiger partial charge in [-0.1, -0.05) is 35.3 Å². The van der Waals surface area contributed by atoms with Crippen LogP contribution in [-0.2, 0) is 0 Å². The molecule has 3 aromatic rings. The predicted molar refractivity (Wildman–Crippen MR) is 105 cm³/mol. The Morgan fingerprint density at radius 3 is 2.65 bits per heavy atom. The minimum Gasteiger partial charge on any atom is -0.495 e. The first-order chi connectivity index (χ1) is 12.6. The molecule has 0 saturated heterocycles. The zero-order valence-corrected chi connectivity index (χ0v) is 15.3. The van der Waals surface area contributed by atoms with Gasteiger partial charge in [-0.05, 0) is 42.5 Å². The molecule has 0 aliphatic rings. The Bertz CT molecular complexity index is 948. The van der Waals surface area contributed by atoms with Crippen molar-refractivity contribution in [2.24, 2.45) is 0 Å². The normalized spacial score (nSPS) is 10.3. The molecule has 1 heterocycles. The number of hydrogen-bond acceptors (Lipinski definition) is 4. The molecule has 5 nitrogen and oxygen atoms in total. The van der Waals surface area contributed by atoms with E-state index in [1.165, 1.54) is 0 Å². The van der Waals surface area contributed by atoms with Crippen LogP contribution in [0.4, 0.5) is 17.1 Å². The molecule has 0 aliphatic heterocycles. The largest absolute Gasteiger partial charge is 0.495 e. The highest BCUT2D eigenvalue weighted by Gasteiger charge is 2.12. The lowest BCUT2D eigenvalue weighted by molar-refractivity contribution is 0.102. The molecule has 0 radical (unpaired) electrons. The van der Waals surface area contributed by atoms with Crippen molar-refractivity contribution in [2.75, 3.05) is 17.7 Å². The number of amides is 1. The van der Waals surface area contributed by atoms with E-state index in [1.54, 1.807) is 43.6 Å². The van der Waals surface area contributed by atoms with Crippen molar-refractivity contribution >= 4 is 46.2 Å². The fraction of sp³-hybridized carbons (Fsp3) is 0.0526. The van der Waals surface area contributed by atoms with E-state index in [2.05, 4.69) is 15.6 Å². The monoisotopic (exact) mass is 387 g/mol. The van der Waals surface area contributed by atoms with Crippen LogP contribution in [0.5, 0.6) is 5.75 Å². The van der Waals surface area contributed by atoms with Crippen molar-refractivity contribution < 1.29 is 9.53 Å². The van der Waals surface area contributed by atoms with Crippen LogP contribution < -0.4 is 15.4 Å². The summed E-state index contributed by atoms with van der Waals surface area (Å²) in [6, 6.07) is 15.7. The van der Waals surface area contributed by atoms with E-state index >= 15 is 0 Å². The lowest BCUT2D eigenvalue weighted by atomic mass is 10.2. The summed E-state index contributed by atoms with van der Waals surface area (Å²) in [5.41, 5.74) is 2.15. The van der Waals surface area contributed by atoms with Gasteiger partial charge in [-0.25, -0.2) is 0 Å². The highest BCUT2D eigenvalue weighted by Crippen LogP contribution is 2.28. The van der Waals surface area contributed by atoms with E-state index in [0.29, 0.717) is 27.2 Å². The number of nitrogens with one attached hydrogen (secondary N) is 2. The molecular formula is C19H15Cl2N3O2. The molecule has 132 valence electrons. The molecule has 3 rings (SSSR count). The first-order valence-electron chi connectivity index (χ1n) is 7.69. The lowest BCUT2D eigenvalue weighted by Crippen LogP contribution is -2.14. The number of methoxy groups -OCH3 is 1. The van der Waals surface area contributed by atoms with Gasteiger partial charge >= 0.3 is 0 Å². The zero-order chi connectivity index (χ0) is 18.5. The molecule has 0 aliphatic carbocycles. The standard InChI is InChI=1S/C19H15Cl2N3O2/c1-26-18-5-3-2-4-15(18)23-13-8-9-22-17(11-13)19(25)24-16-10-12(20)6-7-14(16)21/h2-11H,1H3,(H,22,23)(H,24,25).